The van der Waals surface area contributed by atoms with E-state index >= 15 is 0 Å². The molecule has 0 spiro atoms. The highest BCUT2D eigenvalue weighted by molar-refractivity contribution is 5.96. The van der Waals surface area contributed by atoms with Crippen molar-refractivity contribution in [2.45, 2.75) is 32.5 Å². The van der Waals surface area contributed by atoms with Gasteiger partial charge in [0.05, 0.1) is 6.20 Å². The third kappa shape index (κ3) is 3.28. The summed E-state index contributed by atoms with van der Waals surface area (Å²) in [5.74, 6) is -0.0765. The molecule has 2 N–H and O–H groups in total. The van der Waals surface area contributed by atoms with Crippen LogP contribution in [0.5, 0.6) is 0 Å². The van der Waals surface area contributed by atoms with Gasteiger partial charge in [-0.1, -0.05) is 34.6 Å². The molecule has 10 nitrogen and oxygen atoms in total. The average Bonchev–Trinajstić information content (AvgIpc) is 3.29. The number of amides is 2. The molecule has 0 saturated carbocycles. The van der Waals surface area contributed by atoms with Crippen molar-refractivity contribution in [3.63, 3.8) is 0 Å². The Morgan fingerprint density at radius 1 is 1.30 bits per heavy atom. The number of nitrogens with two attached hydrogens (primary N) is 1. The van der Waals surface area contributed by atoms with Crippen molar-refractivity contribution in [2.75, 3.05) is 0 Å². The van der Waals surface area contributed by atoms with E-state index in [-0.39, 0.29) is 12.2 Å². The molecular weight excluding hydrogens is 350 g/mol. The van der Waals surface area contributed by atoms with Crippen molar-refractivity contribution in [3.05, 3.63) is 59.0 Å². The van der Waals surface area contributed by atoms with Crippen LogP contribution in [0.15, 0.2) is 35.0 Å². The monoisotopic (exact) mass is 367 g/mol. The van der Waals surface area contributed by atoms with E-state index in [0.29, 0.717) is 24.7 Å². The first kappa shape index (κ1) is 16.9. The van der Waals surface area contributed by atoms with Crippen LogP contribution < -0.4 is 5.73 Å². The molecule has 0 bridgehead atoms. The molecule has 1 aliphatic heterocycles. The van der Waals surface area contributed by atoms with Crippen molar-refractivity contribution in [1.82, 2.24) is 30.0 Å². The molecule has 2 aromatic heterocycles. The maximum absolute atomic E-state index is 12.9. The number of aromatic nitrogens is 5. The van der Waals surface area contributed by atoms with Crippen LogP contribution >= 0.6 is 0 Å². The summed E-state index contributed by atoms with van der Waals surface area (Å²) < 4.78 is 6.35. The van der Waals surface area contributed by atoms with Crippen LogP contribution in [0.2, 0.25) is 0 Å². The molecule has 10 heteroatoms. The molecule has 1 aliphatic rings. The fourth-order valence-electron chi connectivity index (χ4n) is 3.16. The minimum absolute atomic E-state index is 0.126. The Hall–Kier alpha value is -3.56. The van der Waals surface area contributed by atoms with Crippen molar-refractivity contribution in [2.24, 2.45) is 5.73 Å². The highest BCUT2D eigenvalue weighted by Crippen LogP contribution is 2.24. The van der Waals surface area contributed by atoms with Gasteiger partial charge in [-0.05, 0) is 11.1 Å². The van der Waals surface area contributed by atoms with Crippen molar-refractivity contribution >= 4 is 11.8 Å². The molecule has 3 heterocycles. The summed E-state index contributed by atoms with van der Waals surface area (Å²) in [6.45, 7) is 2.20. The molecule has 2 amide bonds. The molecule has 0 fully saturated rings. The predicted octanol–water partition coefficient (Wildman–Crippen LogP) is 0.0702. The topological polar surface area (TPSA) is 133 Å². The van der Waals surface area contributed by atoms with Crippen LogP contribution in [0.3, 0.4) is 0 Å². The Bertz CT molecular complexity index is 1010. The lowest BCUT2D eigenvalue weighted by atomic mass is 9.93. The quantitative estimate of drug-likeness (QED) is 0.690. The SMILES string of the molecule is Cc1nc(Cn2cc(C(=O)N3Cc4ccccc4C[C@H]3C(N)=O)nn2)no1. The summed E-state index contributed by atoms with van der Waals surface area (Å²) in [6, 6.07) is 6.95. The van der Waals surface area contributed by atoms with Crippen LogP contribution in [0.1, 0.15) is 33.3 Å². The largest absolute Gasteiger partial charge is 0.368 e. The van der Waals surface area contributed by atoms with Crippen molar-refractivity contribution in [3.8, 4) is 0 Å². The summed E-state index contributed by atoms with van der Waals surface area (Å²) in [7, 11) is 0. The standard InChI is InChI=1S/C17H17N7O3/c1-10-19-15(21-27-10)9-23-8-13(20-22-23)17(26)24-7-12-5-3-2-4-11(12)6-14(24)16(18)25/h2-5,8,14H,6-7,9H2,1H3,(H2,18,25)/t14-/m0/s1. The Morgan fingerprint density at radius 2 is 2.07 bits per heavy atom. The van der Waals surface area contributed by atoms with Gasteiger partial charge in [0.15, 0.2) is 11.5 Å². The number of carbonyl (C=O) groups is 2. The molecule has 3 aromatic rings. The summed E-state index contributed by atoms with van der Waals surface area (Å²) in [5, 5.41) is 11.6. The second kappa shape index (κ2) is 6.63. The van der Waals surface area contributed by atoms with E-state index in [9.17, 15) is 9.59 Å². The lowest BCUT2D eigenvalue weighted by molar-refractivity contribution is -0.122. The third-order valence-electron chi connectivity index (χ3n) is 4.47. The maximum atomic E-state index is 12.9. The van der Waals surface area contributed by atoms with Crippen LogP contribution in [-0.2, 0) is 24.3 Å². The van der Waals surface area contributed by atoms with Crippen LogP contribution in [0.25, 0.3) is 0 Å². The number of hydrogen-bond donors (Lipinski definition) is 1. The molecule has 27 heavy (non-hydrogen) atoms. The number of benzene rings is 1. The average molecular weight is 367 g/mol. The lowest BCUT2D eigenvalue weighted by Crippen LogP contribution is -2.51. The summed E-state index contributed by atoms with van der Waals surface area (Å²) in [5.41, 5.74) is 7.66. The van der Waals surface area contributed by atoms with E-state index < -0.39 is 17.9 Å². The van der Waals surface area contributed by atoms with Gasteiger partial charge in [-0.15, -0.1) is 5.10 Å². The Kier molecular flexibility index (Phi) is 4.15. The minimum Gasteiger partial charge on any atom is -0.368 e. The smallest absolute Gasteiger partial charge is 0.277 e. The first-order valence-electron chi connectivity index (χ1n) is 8.37. The first-order chi connectivity index (χ1) is 13.0. The van der Waals surface area contributed by atoms with E-state index in [1.54, 1.807) is 6.92 Å². The predicted molar refractivity (Wildman–Crippen MR) is 91.2 cm³/mol. The molecule has 1 aromatic carbocycles. The molecule has 1 atom stereocenters. The number of nitrogens with zero attached hydrogens (tertiary/aromatic N) is 6. The van der Waals surface area contributed by atoms with Gasteiger partial charge < -0.3 is 15.2 Å². The zero-order chi connectivity index (χ0) is 19.0. The fraction of sp³-hybridized carbons (Fsp3) is 0.294. The summed E-state index contributed by atoms with van der Waals surface area (Å²) >= 11 is 0. The molecule has 4 rings (SSSR count). The summed E-state index contributed by atoms with van der Waals surface area (Å²) in [4.78, 5) is 30.4. The van der Waals surface area contributed by atoms with Gasteiger partial charge in [0, 0.05) is 19.9 Å². The number of rotatable bonds is 4. The second-order valence-corrected chi connectivity index (χ2v) is 6.36. The molecule has 0 unspecified atom stereocenters. The second-order valence-electron chi connectivity index (χ2n) is 6.36. The zero-order valence-electron chi connectivity index (χ0n) is 14.6. The maximum Gasteiger partial charge on any atom is 0.277 e. The number of primary amides is 1. The van der Waals surface area contributed by atoms with E-state index in [1.807, 2.05) is 24.3 Å². The normalized spacial score (nSPS) is 16.2. The number of carbonyl (C=O) groups excluding carboxylic acids is 2. The highest BCUT2D eigenvalue weighted by atomic mass is 16.5. The van der Waals surface area contributed by atoms with Gasteiger partial charge in [0.2, 0.25) is 11.8 Å². The van der Waals surface area contributed by atoms with Crippen LogP contribution in [0.4, 0.5) is 0 Å². The lowest BCUT2D eigenvalue weighted by Gasteiger charge is -2.34. The van der Waals surface area contributed by atoms with E-state index in [2.05, 4.69) is 20.5 Å². The molecule has 0 aliphatic carbocycles. The molecule has 138 valence electrons. The van der Waals surface area contributed by atoms with E-state index in [0.717, 1.165) is 11.1 Å². The Morgan fingerprint density at radius 3 is 2.78 bits per heavy atom. The van der Waals surface area contributed by atoms with Crippen LogP contribution in [-0.4, -0.2) is 47.9 Å². The van der Waals surface area contributed by atoms with E-state index in [1.165, 1.54) is 15.8 Å². The van der Waals surface area contributed by atoms with Gasteiger partial charge in [0.25, 0.3) is 5.91 Å². The van der Waals surface area contributed by atoms with Crippen molar-refractivity contribution < 1.29 is 14.1 Å². The van der Waals surface area contributed by atoms with Gasteiger partial charge in [-0.3, -0.25) is 9.59 Å². The fourth-order valence-corrected chi connectivity index (χ4v) is 3.16. The van der Waals surface area contributed by atoms with Gasteiger partial charge in [0.1, 0.15) is 12.6 Å². The first-order valence-corrected chi connectivity index (χ1v) is 8.37. The molecule has 0 radical (unpaired) electrons. The van der Waals surface area contributed by atoms with Crippen molar-refractivity contribution in [1.29, 1.82) is 0 Å². The minimum atomic E-state index is -0.725. The molecular formula is C17H17N7O3. The highest BCUT2D eigenvalue weighted by Gasteiger charge is 2.34. The number of hydrogen-bond acceptors (Lipinski definition) is 7. The third-order valence-corrected chi connectivity index (χ3v) is 4.47. The Labute approximate surface area is 153 Å². The van der Waals surface area contributed by atoms with Gasteiger partial charge in [-0.25, -0.2) is 4.68 Å². The molecule has 0 saturated heterocycles. The van der Waals surface area contributed by atoms with Crippen LogP contribution in [0, 0.1) is 6.92 Å². The Balaban J connectivity index is 1.57. The summed E-state index contributed by atoms with van der Waals surface area (Å²) in [6.07, 6.45) is 1.88. The van der Waals surface area contributed by atoms with E-state index in [4.69, 9.17) is 10.3 Å². The zero-order valence-corrected chi connectivity index (χ0v) is 14.6. The number of fused-ring (bicyclic) bond motifs is 1. The van der Waals surface area contributed by atoms with Gasteiger partial charge in [-0.2, -0.15) is 4.98 Å². The number of aryl methyl sites for hydroxylation is 1. The van der Waals surface area contributed by atoms with Gasteiger partial charge >= 0.3 is 0 Å².